The predicted molar refractivity (Wildman–Crippen MR) is 66.9 cm³/mol. The van der Waals surface area contributed by atoms with Crippen LogP contribution in [0.15, 0.2) is 35.5 Å². The van der Waals surface area contributed by atoms with E-state index in [0.717, 1.165) is 11.8 Å². The Morgan fingerprint density at radius 3 is 2.94 bits per heavy atom. The van der Waals surface area contributed by atoms with E-state index in [1.165, 1.54) is 30.5 Å². The van der Waals surface area contributed by atoms with E-state index >= 15 is 0 Å². The molecular formula is C15H17NO. The third kappa shape index (κ3) is 1.18. The minimum absolute atomic E-state index is 0.134. The maximum Gasteiger partial charge on any atom is 0.149 e. The van der Waals surface area contributed by atoms with E-state index in [9.17, 15) is 0 Å². The van der Waals surface area contributed by atoms with E-state index in [4.69, 9.17) is 4.84 Å². The summed E-state index contributed by atoms with van der Waals surface area (Å²) in [5, 5.41) is 4.16. The van der Waals surface area contributed by atoms with Gasteiger partial charge in [0.25, 0.3) is 0 Å². The van der Waals surface area contributed by atoms with Crippen molar-refractivity contribution in [3.05, 3.63) is 35.9 Å². The number of hydrogen-bond donors (Lipinski definition) is 0. The average Bonchev–Trinajstić information content (AvgIpc) is 2.94. The molecule has 4 rings (SSSR count). The number of oxime groups is 1. The van der Waals surface area contributed by atoms with Crippen molar-refractivity contribution in [3.8, 4) is 0 Å². The standard InChI is InChI=1S/C15H17NO/c1-10-14-13-9-12(11-5-3-2-4-6-11)7-8-15(13,14)17-16-10/h2-6,12-14H,7-9H2,1H3/t12?,13?,14?,15-/m1/s1. The van der Waals surface area contributed by atoms with E-state index in [1.807, 2.05) is 0 Å². The van der Waals surface area contributed by atoms with Gasteiger partial charge in [0.05, 0.1) is 5.71 Å². The normalized spacial score (nSPS) is 42.2. The fourth-order valence-corrected chi connectivity index (χ4v) is 4.05. The number of fused-ring (bicyclic) bond motifs is 1. The summed E-state index contributed by atoms with van der Waals surface area (Å²) in [7, 11) is 0. The topological polar surface area (TPSA) is 21.6 Å². The van der Waals surface area contributed by atoms with Gasteiger partial charge in [-0.15, -0.1) is 0 Å². The third-order valence-corrected chi connectivity index (χ3v) is 4.95. The zero-order valence-corrected chi connectivity index (χ0v) is 10.1. The van der Waals surface area contributed by atoms with Crippen molar-refractivity contribution in [2.45, 2.75) is 37.7 Å². The van der Waals surface area contributed by atoms with Gasteiger partial charge in [-0.3, -0.25) is 0 Å². The Morgan fingerprint density at radius 1 is 1.29 bits per heavy atom. The SMILES string of the molecule is CC1=NO[C@]23CCC(c4ccccc4)CC2C13. The monoisotopic (exact) mass is 227 g/mol. The Hall–Kier alpha value is -1.31. The second-order valence-corrected chi connectivity index (χ2v) is 5.75. The summed E-state index contributed by atoms with van der Waals surface area (Å²) in [6.45, 7) is 2.12. The quantitative estimate of drug-likeness (QED) is 0.721. The average molecular weight is 227 g/mol. The van der Waals surface area contributed by atoms with E-state index in [0.29, 0.717) is 5.92 Å². The molecule has 0 radical (unpaired) electrons. The molecule has 2 aliphatic carbocycles. The van der Waals surface area contributed by atoms with Gasteiger partial charge < -0.3 is 4.84 Å². The van der Waals surface area contributed by atoms with Gasteiger partial charge in [0.1, 0.15) is 5.60 Å². The van der Waals surface area contributed by atoms with Crippen LogP contribution in [-0.2, 0) is 4.84 Å². The van der Waals surface area contributed by atoms with Gasteiger partial charge in [0.2, 0.25) is 0 Å². The summed E-state index contributed by atoms with van der Waals surface area (Å²) in [6, 6.07) is 10.9. The predicted octanol–water partition coefficient (Wildman–Crippen LogP) is 3.35. The Balaban J connectivity index is 1.57. The molecule has 1 spiro atoms. The summed E-state index contributed by atoms with van der Waals surface area (Å²) in [6.07, 6.45) is 3.71. The van der Waals surface area contributed by atoms with Crippen LogP contribution in [0, 0.1) is 11.8 Å². The first-order chi connectivity index (χ1) is 8.31. The molecule has 0 bridgehead atoms. The molecule has 2 fully saturated rings. The van der Waals surface area contributed by atoms with Gasteiger partial charge in [-0.1, -0.05) is 35.5 Å². The van der Waals surface area contributed by atoms with Gasteiger partial charge >= 0.3 is 0 Å². The van der Waals surface area contributed by atoms with E-state index in [-0.39, 0.29) is 5.60 Å². The van der Waals surface area contributed by atoms with Crippen LogP contribution < -0.4 is 0 Å². The molecule has 4 atom stereocenters. The molecule has 2 heteroatoms. The molecule has 1 aromatic carbocycles. The largest absolute Gasteiger partial charge is 0.388 e. The summed E-state index contributed by atoms with van der Waals surface area (Å²) < 4.78 is 0. The smallest absolute Gasteiger partial charge is 0.149 e. The van der Waals surface area contributed by atoms with Crippen LogP contribution in [0.3, 0.4) is 0 Å². The molecule has 3 aliphatic rings. The number of nitrogens with zero attached hydrogens (tertiary/aromatic N) is 1. The van der Waals surface area contributed by atoms with Gasteiger partial charge in [0, 0.05) is 11.8 Å². The zero-order valence-electron chi connectivity index (χ0n) is 10.1. The van der Waals surface area contributed by atoms with Crippen molar-refractivity contribution in [1.82, 2.24) is 0 Å². The first kappa shape index (κ1) is 9.69. The van der Waals surface area contributed by atoms with E-state index in [2.05, 4.69) is 42.4 Å². The molecule has 0 N–H and O–H groups in total. The van der Waals surface area contributed by atoms with Crippen molar-refractivity contribution in [3.63, 3.8) is 0 Å². The second-order valence-electron chi connectivity index (χ2n) is 5.75. The number of hydrogen-bond acceptors (Lipinski definition) is 2. The van der Waals surface area contributed by atoms with Crippen LogP contribution in [0.1, 0.15) is 37.7 Å². The lowest BCUT2D eigenvalue weighted by Gasteiger charge is -2.26. The van der Waals surface area contributed by atoms with Gasteiger partial charge in [-0.05, 0) is 37.7 Å². The van der Waals surface area contributed by atoms with Crippen LogP contribution in [0.2, 0.25) is 0 Å². The van der Waals surface area contributed by atoms with Crippen LogP contribution in [-0.4, -0.2) is 11.3 Å². The fourth-order valence-electron chi connectivity index (χ4n) is 4.05. The summed E-state index contributed by atoms with van der Waals surface area (Å²) in [5.74, 6) is 2.10. The molecule has 0 saturated heterocycles. The van der Waals surface area contributed by atoms with Crippen molar-refractivity contribution in [2.75, 3.05) is 0 Å². The van der Waals surface area contributed by atoms with Crippen LogP contribution in [0.5, 0.6) is 0 Å². The van der Waals surface area contributed by atoms with Crippen LogP contribution >= 0.6 is 0 Å². The van der Waals surface area contributed by atoms with Crippen molar-refractivity contribution in [2.24, 2.45) is 17.0 Å². The lowest BCUT2D eigenvalue weighted by Crippen LogP contribution is -2.21. The highest BCUT2D eigenvalue weighted by Gasteiger charge is 2.73. The Morgan fingerprint density at radius 2 is 2.12 bits per heavy atom. The zero-order chi connectivity index (χ0) is 11.5. The first-order valence-corrected chi connectivity index (χ1v) is 6.59. The molecular weight excluding hydrogens is 210 g/mol. The molecule has 1 heterocycles. The van der Waals surface area contributed by atoms with Crippen LogP contribution in [0.4, 0.5) is 0 Å². The molecule has 0 amide bonds. The Labute approximate surface area is 102 Å². The first-order valence-electron chi connectivity index (χ1n) is 6.59. The van der Waals surface area contributed by atoms with Crippen molar-refractivity contribution >= 4 is 5.71 Å². The maximum atomic E-state index is 5.70. The lowest BCUT2D eigenvalue weighted by molar-refractivity contribution is 0.0114. The highest BCUT2D eigenvalue weighted by atomic mass is 16.7. The van der Waals surface area contributed by atoms with Crippen molar-refractivity contribution < 1.29 is 4.84 Å². The molecule has 88 valence electrons. The minimum atomic E-state index is 0.134. The number of rotatable bonds is 1. The molecule has 17 heavy (non-hydrogen) atoms. The maximum absolute atomic E-state index is 5.70. The second kappa shape index (κ2) is 3.12. The molecule has 2 nitrogen and oxygen atoms in total. The van der Waals surface area contributed by atoms with Crippen molar-refractivity contribution in [1.29, 1.82) is 0 Å². The van der Waals surface area contributed by atoms with E-state index < -0.39 is 0 Å². The van der Waals surface area contributed by atoms with E-state index in [1.54, 1.807) is 0 Å². The highest BCUT2D eigenvalue weighted by molar-refractivity contribution is 5.90. The molecule has 3 unspecified atom stereocenters. The van der Waals surface area contributed by atoms with Gasteiger partial charge in [-0.25, -0.2) is 0 Å². The number of benzene rings is 1. The molecule has 1 aliphatic heterocycles. The van der Waals surface area contributed by atoms with Gasteiger partial charge in [0.15, 0.2) is 0 Å². The molecule has 0 aromatic heterocycles. The summed E-state index contributed by atoms with van der Waals surface area (Å²) >= 11 is 0. The lowest BCUT2D eigenvalue weighted by atomic mass is 9.83. The Kier molecular flexibility index (Phi) is 1.78. The molecule has 1 aromatic rings. The summed E-state index contributed by atoms with van der Waals surface area (Å²) in [4.78, 5) is 5.70. The summed E-state index contributed by atoms with van der Waals surface area (Å²) in [5.41, 5.74) is 2.86. The fraction of sp³-hybridized carbons (Fsp3) is 0.533. The molecule has 2 saturated carbocycles. The van der Waals surface area contributed by atoms with Gasteiger partial charge in [-0.2, -0.15) is 0 Å². The van der Waals surface area contributed by atoms with Crippen LogP contribution in [0.25, 0.3) is 0 Å². The third-order valence-electron chi connectivity index (χ3n) is 4.95. The minimum Gasteiger partial charge on any atom is -0.388 e. The highest BCUT2D eigenvalue weighted by Crippen LogP contribution is 2.66. The Bertz CT molecular complexity index is 481.